The lowest BCUT2D eigenvalue weighted by atomic mass is 9.93. The number of hydrogen-bond donors (Lipinski definition) is 1. The van der Waals surface area contributed by atoms with Crippen molar-refractivity contribution >= 4 is 22.6 Å². The third-order valence-electron chi connectivity index (χ3n) is 4.81. The lowest BCUT2D eigenvalue weighted by Gasteiger charge is -2.31. The van der Waals surface area contributed by atoms with Crippen LogP contribution >= 0.6 is 11.6 Å². The average molecular weight is 321 g/mol. The van der Waals surface area contributed by atoms with Crippen molar-refractivity contribution in [2.45, 2.75) is 25.8 Å². The van der Waals surface area contributed by atoms with Crippen molar-refractivity contribution in [2.24, 2.45) is 13.0 Å². The van der Waals surface area contributed by atoms with Gasteiger partial charge in [0.25, 0.3) is 0 Å². The van der Waals surface area contributed by atoms with E-state index in [2.05, 4.69) is 27.9 Å². The maximum absolute atomic E-state index is 6.07. The van der Waals surface area contributed by atoms with Gasteiger partial charge in [0, 0.05) is 12.1 Å². The fourth-order valence-electron chi connectivity index (χ4n) is 3.35. The normalized spacial score (nSPS) is 17.4. The highest BCUT2D eigenvalue weighted by atomic mass is 35.5. The summed E-state index contributed by atoms with van der Waals surface area (Å²) in [6, 6.07) is 5.94. The zero-order valence-electron chi connectivity index (χ0n) is 13.5. The first kappa shape index (κ1) is 15.8. The predicted octanol–water partition coefficient (Wildman–Crippen LogP) is 3.05. The van der Waals surface area contributed by atoms with Crippen molar-refractivity contribution in [3.8, 4) is 0 Å². The van der Waals surface area contributed by atoms with Gasteiger partial charge in [0.1, 0.15) is 5.82 Å². The molecule has 5 heteroatoms. The fourth-order valence-corrected chi connectivity index (χ4v) is 3.51. The molecule has 0 radical (unpaired) electrons. The van der Waals surface area contributed by atoms with E-state index in [9.17, 15) is 0 Å². The Morgan fingerprint density at radius 1 is 1.32 bits per heavy atom. The molecule has 0 bridgehead atoms. The van der Waals surface area contributed by atoms with E-state index in [0.717, 1.165) is 40.9 Å². The van der Waals surface area contributed by atoms with Crippen LogP contribution in [0.1, 0.15) is 25.1 Å². The number of likely N-dealkylation sites (tertiary alicyclic amines) is 1. The summed E-state index contributed by atoms with van der Waals surface area (Å²) >= 11 is 6.07. The van der Waals surface area contributed by atoms with Crippen LogP contribution in [0, 0.1) is 5.92 Å². The van der Waals surface area contributed by atoms with Gasteiger partial charge in [-0.3, -0.25) is 4.90 Å². The zero-order valence-corrected chi connectivity index (χ0v) is 14.2. The minimum absolute atomic E-state index is 0.752. The van der Waals surface area contributed by atoms with Crippen LogP contribution in [0.4, 0.5) is 0 Å². The monoisotopic (exact) mass is 320 g/mol. The summed E-state index contributed by atoms with van der Waals surface area (Å²) in [6.45, 7) is 4.43. The molecule has 1 saturated heterocycles. The van der Waals surface area contributed by atoms with Crippen LogP contribution in [0.2, 0.25) is 5.02 Å². The van der Waals surface area contributed by atoms with Gasteiger partial charge in [-0.25, -0.2) is 4.98 Å². The molecule has 0 atom stereocenters. The molecule has 1 fully saturated rings. The van der Waals surface area contributed by atoms with Crippen molar-refractivity contribution in [3.05, 3.63) is 29.0 Å². The minimum Gasteiger partial charge on any atom is -0.330 e. The van der Waals surface area contributed by atoms with E-state index in [4.69, 9.17) is 16.6 Å². The SMILES string of the molecule is CNCCC1CCN(Cc2nc3cc(Cl)ccc3n2C)CC1. The number of aryl methyl sites for hydroxylation is 1. The van der Waals surface area contributed by atoms with Gasteiger partial charge in [-0.2, -0.15) is 0 Å². The molecule has 3 rings (SSSR count). The van der Waals surface area contributed by atoms with Gasteiger partial charge in [0.2, 0.25) is 0 Å². The van der Waals surface area contributed by atoms with Crippen molar-refractivity contribution in [2.75, 3.05) is 26.7 Å². The summed E-state index contributed by atoms with van der Waals surface area (Å²) in [7, 11) is 4.13. The Morgan fingerprint density at radius 2 is 2.09 bits per heavy atom. The van der Waals surface area contributed by atoms with Gasteiger partial charge in [0.05, 0.1) is 17.6 Å². The van der Waals surface area contributed by atoms with Crippen molar-refractivity contribution < 1.29 is 0 Å². The number of hydrogen-bond acceptors (Lipinski definition) is 3. The first-order valence-electron chi connectivity index (χ1n) is 8.15. The molecule has 1 aromatic heterocycles. The number of piperidine rings is 1. The van der Waals surface area contributed by atoms with Crippen LogP contribution in [0.25, 0.3) is 11.0 Å². The largest absolute Gasteiger partial charge is 0.330 e. The molecule has 120 valence electrons. The van der Waals surface area contributed by atoms with Gasteiger partial charge < -0.3 is 9.88 Å². The van der Waals surface area contributed by atoms with Crippen LogP contribution in [0.3, 0.4) is 0 Å². The summed E-state index contributed by atoms with van der Waals surface area (Å²) in [4.78, 5) is 7.29. The molecule has 22 heavy (non-hydrogen) atoms. The van der Waals surface area contributed by atoms with E-state index in [1.54, 1.807) is 0 Å². The maximum Gasteiger partial charge on any atom is 0.123 e. The maximum atomic E-state index is 6.07. The summed E-state index contributed by atoms with van der Waals surface area (Å²) in [5.74, 6) is 2.01. The molecule has 4 nitrogen and oxygen atoms in total. The number of aromatic nitrogens is 2. The summed E-state index contributed by atoms with van der Waals surface area (Å²) in [5, 5.41) is 4.01. The van der Waals surface area contributed by atoms with E-state index >= 15 is 0 Å². The number of nitrogens with zero attached hydrogens (tertiary/aromatic N) is 3. The summed E-state index contributed by atoms with van der Waals surface area (Å²) in [6.07, 6.45) is 3.91. The molecule has 1 aliphatic heterocycles. The van der Waals surface area contributed by atoms with E-state index in [-0.39, 0.29) is 0 Å². The second-order valence-corrected chi connectivity index (χ2v) is 6.77. The van der Waals surface area contributed by atoms with E-state index < -0.39 is 0 Å². The number of fused-ring (bicyclic) bond motifs is 1. The van der Waals surface area contributed by atoms with Gasteiger partial charge in [-0.05, 0) is 70.1 Å². The summed E-state index contributed by atoms with van der Waals surface area (Å²) < 4.78 is 2.19. The third-order valence-corrected chi connectivity index (χ3v) is 5.05. The highest BCUT2D eigenvalue weighted by molar-refractivity contribution is 6.31. The number of halogens is 1. The van der Waals surface area contributed by atoms with Gasteiger partial charge >= 0.3 is 0 Å². The summed E-state index contributed by atoms with van der Waals surface area (Å²) in [5.41, 5.74) is 2.15. The molecule has 0 amide bonds. The molecule has 1 N–H and O–H groups in total. The first-order chi connectivity index (χ1) is 10.7. The molecule has 1 aromatic carbocycles. The Hall–Kier alpha value is -1.10. The molecule has 0 aliphatic carbocycles. The topological polar surface area (TPSA) is 33.1 Å². The minimum atomic E-state index is 0.752. The number of rotatable bonds is 5. The highest BCUT2D eigenvalue weighted by Gasteiger charge is 2.20. The van der Waals surface area contributed by atoms with Crippen LogP contribution in [0.15, 0.2) is 18.2 Å². The van der Waals surface area contributed by atoms with Crippen molar-refractivity contribution in [1.29, 1.82) is 0 Å². The molecular formula is C17H25ClN4. The lowest BCUT2D eigenvalue weighted by molar-refractivity contribution is 0.168. The Morgan fingerprint density at radius 3 is 2.82 bits per heavy atom. The number of nitrogens with one attached hydrogen (secondary N) is 1. The Balaban J connectivity index is 1.63. The molecule has 0 spiro atoms. The van der Waals surface area contributed by atoms with Crippen molar-refractivity contribution in [1.82, 2.24) is 19.8 Å². The van der Waals surface area contributed by atoms with Gasteiger partial charge in [-0.15, -0.1) is 0 Å². The second-order valence-electron chi connectivity index (χ2n) is 6.33. The standard InChI is InChI=1S/C17H25ClN4/c1-19-8-5-13-6-9-22(10-7-13)12-17-20-15-11-14(18)3-4-16(15)21(17)2/h3-4,11,13,19H,5-10,12H2,1-2H3. The van der Waals surface area contributed by atoms with E-state index in [1.165, 1.54) is 32.4 Å². The van der Waals surface area contributed by atoms with E-state index in [1.807, 2.05) is 19.2 Å². The van der Waals surface area contributed by atoms with Crippen LogP contribution < -0.4 is 5.32 Å². The average Bonchev–Trinajstić information content (AvgIpc) is 2.82. The van der Waals surface area contributed by atoms with Gasteiger partial charge in [0.15, 0.2) is 0 Å². The third kappa shape index (κ3) is 3.45. The Bertz CT molecular complexity index is 629. The smallest absolute Gasteiger partial charge is 0.123 e. The number of benzene rings is 1. The first-order valence-corrected chi connectivity index (χ1v) is 8.53. The Kier molecular flexibility index (Phi) is 5.01. The predicted molar refractivity (Wildman–Crippen MR) is 92.3 cm³/mol. The Labute approximate surface area is 137 Å². The quantitative estimate of drug-likeness (QED) is 0.919. The molecular weight excluding hydrogens is 296 g/mol. The fraction of sp³-hybridized carbons (Fsp3) is 0.588. The van der Waals surface area contributed by atoms with Crippen LogP contribution in [-0.4, -0.2) is 41.1 Å². The van der Waals surface area contributed by atoms with Crippen LogP contribution in [0.5, 0.6) is 0 Å². The second kappa shape index (κ2) is 6.99. The molecule has 0 saturated carbocycles. The highest BCUT2D eigenvalue weighted by Crippen LogP contribution is 2.23. The van der Waals surface area contributed by atoms with E-state index in [0.29, 0.717) is 0 Å². The van der Waals surface area contributed by atoms with Crippen LogP contribution in [-0.2, 0) is 13.6 Å². The molecule has 0 unspecified atom stereocenters. The van der Waals surface area contributed by atoms with Crippen molar-refractivity contribution in [3.63, 3.8) is 0 Å². The van der Waals surface area contributed by atoms with Gasteiger partial charge in [-0.1, -0.05) is 11.6 Å². The molecule has 2 heterocycles. The molecule has 1 aliphatic rings. The zero-order chi connectivity index (χ0) is 15.5. The lowest BCUT2D eigenvalue weighted by Crippen LogP contribution is -2.34. The molecule has 2 aromatic rings. The number of imidazole rings is 1.